The number of halogens is 3. The first kappa shape index (κ1) is 19.8. The van der Waals surface area contributed by atoms with Crippen LogP contribution in [0.1, 0.15) is 34.8 Å². The van der Waals surface area contributed by atoms with Crippen molar-refractivity contribution in [2.45, 2.75) is 24.7 Å². The van der Waals surface area contributed by atoms with Crippen LogP contribution in [-0.4, -0.2) is 61.3 Å². The Morgan fingerprint density at radius 1 is 1.38 bits per heavy atom. The number of quaternary nitrogens is 1. The fourth-order valence-electron chi connectivity index (χ4n) is 3.71. The maximum Gasteiger partial charge on any atom is 0.410 e. The van der Waals surface area contributed by atoms with Crippen LogP contribution in [0, 0.1) is 0 Å². The summed E-state index contributed by atoms with van der Waals surface area (Å²) in [4.78, 5) is 13.7. The van der Waals surface area contributed by atoms with E-state index in [0.29, 0.717) is 25.5 Å². The zero-order valence-corrected chi connectivity index (χ0v) is 15.7. The van der Waals surface area contributed by atoms with Gasteiger partial charge in [0.15, 0.2) is 11.7 Å². The highest BCUT2D eigenvalue weighted by atomic mass is 19.4. The monoisotopic (exact) mass is 414 g/mol. The van der Waals surface area contributed by atoms with Crippen molar-refractivity contribution in [3.63, 3.8) is 0 Å². The van der Waals surface area contributed by atoms with Gasteiger partial charge in [-0.05, 0) is 12.1 Å². The number of morpholine rings is 1. The molecule has 11 heteroatoms. The Morgan fingerprint density at radius 3 is 2.86 bits per heavy atom. The molecular weight excluding hydrogens is 391 g/mol. The summed E-state index contributed by atoms with van der Waals surface area (Å²) in [5.74, 6) is 0.0620. The number of hydrogen-bond acceptors (Lipinski definition) is 5. The number of aromatic nitrogens is 2. The molecule has 1 saturated heterocycles. The molecule has 1 fully saturated rings. The third-order valence-corrected chi connectivity index (χ3v) is 5.27. The lowest BCUT2D eigenvalue weighted by Gasteiger charge is -2.32. The van der Waals surface area contributed by atoms with Crippen LogP contribution in [0.25, 0.3) is 0 Å². The van der Waals surface area contributed by atoms with E-state index in [1.165, 1.54) is 17.2 Å². The molecule has 0 saturated carbocycles. The Hall–Kier alpha value is -2.53. The summed E-state index contributed by atoms with van der Waals surface area (Å²) in [6.45, 7) is 4.28. The van der Waals surface area contributed by atoms with E-state index in [9.17, 15) is 18.0 Å². The SMILES string of the molecule is O=C(NCC[NH+]1CCOCC1)c1cc2n(n1)[C@H](C(F)(F)F)C[C@@H](c1ccco1)N2. The van der Waals surface area contributed by atoms with E-state index >= 15 is 0 Å². The van der Waals surface area contributed by atoms with Gasteiger partial charge in [-0.3, -0.25) is 4.79 Å². The normalized spacial score (nSPS) is 22.7. The number of hydrogen-bond donors (Lipinski definition) is 3. The number of nitrogens with zero attached hydrogens (tertiary/aromatic N) is 2. The van der Waals surface area contributed by atoms with E-state index in [-0.39, 0.29) is 17.9 Å². The Balaban J connectivity index is 1.46. The molecule has 158 valence electrons. The number of fused-ring (bicyclic) bond motifs is 1. The van der Waals surface area contributed by atoms with E-state index in [4.69, 9.17) is 9.15 Å². The Labute approximate surface area is 165 Å². The highest BCUT2D eigenvalue weighted by Gasteiger charge is 2.47. The summed E-state index contributed by atoms with van der Waals surface area (Å²) >= 11 is 0. The van der Waals surface area contributed by atoms with E-state index in [1.807, 2.05) is 0 Å². The van der Waals surface area contributed by atoms with Crippen LogP contribution in [0.2, 0.25) is 0 Å². The minimum Gasteiger partial charge on any atom is -0.467 e. The third kappa shape index (κ3) is 4.40. The molecule has 4 rings (SSSR count). The van der Waals surface area contributed by atoms with Crippen LogP contribution in [-0.2, 0) is 4.74 Å². The summed E-state index contributed by atoms with van der Waals surface area (Å²) in [5, 5.41) is 9.68. The molecule has 2 aromatic rings. The molecular formula is C18H23F3N5O3+. The minimum absolute atomic E-state index is 0.0428. The number of nitrogens with one attached hydrogen (secondary N) is 3. The molecule has 0 aliphatic carbocycles. The number of ether oxygens (including phenoxy) is 1. The predicted octanol–water partition coefficient (Wildman–Crippen LogP) is 0.781. The molecule has 2 atom stereocenters. The molecule has 2 aliphatic heterocycles. The standard InChI is InChI=1S/C18H22F3N5O3/c19-18(20,21)15-10-12(14-2-1-7-29-14)23-16-11-13(24-26(15)16)17(27)22-3-4-25-5-8-28-9-6-25/h1-2,7,11-12,15,23H,3-6,8-10H2,(H,22,27)/p+1/t12-,15-/m0/s1. The second-order valence-electron chi connectivity index (χ2n) is 7.23. The average molecular weight is 414 g/mol. The molecule has 0 aromatic carbocycles. The maximum atomic E-state index is 13.6. The maximum absolute atomic E-state index is 13.6. The van der Waals surface area contributed by atoms with Crippen molar-refractivity contribution in [3.05, 3.63) is 35.9 Å². The summed E-state index contributed by atoms with van der Waals surface area (Å²) in [5.41, 5.74) is -0.0428. The van der Waals surface area contributed by atoms with Crippen molar-refractivity contribution in [2.24, 2.45) is 0 Å². The van der Waals surface area contributed by atoms with Gasteiger partial charge in [-0.2, -0.15) is 18.3 Å². The van der Waals surface area contributed by atoms with E-state index in [1.54, 1.807) is 12.1 Å². The molecule has 2 aliphatic rings. The van der Waals surface area contributed by atoms with Gasteiger partial charge >= 0.3 is 6.18 Å². The largest absolute Gasteiger partial charge is 0.467 e. The van der Waals surface area contributed by atoms with Crippen LogP contribution >= 0.6 is 0 Å². The zero-order chi connectivity index (χ0) is 20.4. The first-order valence-electron chi connectivity index (χ1n) is 9.57. The first-order chi connectivity index (χ1) is 13.9. The molecule has 2 aromatic heterocycles. The summed E-state index contributed by atoms with van der Waals surface area (Å²) in [6.07, 6.45) is -3.35. The molecule has 0 radical (unpaired) electrons. The lowest BCUT2D eigenvalue weighted by Crippen LogP contribution is -3.14. The van der Waals surface area contributed by atoms with Gasteiger partial charge in [-0.15, -0.1) is 0 Å². The minimum atomic E-state index is -4.50. The van der Waals surface area contributed by atoms with Gasteiger partial charge in [0.1, 0.15) is 24.7 Å². The number of amides is 1. The smallest absolute Gasteiger partial charge is 0.410 e. The quantitative estimate of drug-likeness (QED) is 0.674. The fraction of sp³-hybridized carbons (Fsp3) is 0.556. The second-order valence-corrected chi connectivity index (χ2v) is 7.23. The summed E-state index contributed by atoms with van der Waals surface area (Å²) in [6, 6.07) is 2.11. The topological polar surface area (TPSA) is 85.8 Å². The molecule has 3 N–H and O–H groups in total. The molecule has 8 nitrogen and oxygen atoms in total. The Kier molecular flexibility index (Phi) is 5.50. The van der Waals surface area contributed by atoms with Crippen molar-refractivity contribution in [3.8, 4) is 0 Å². The van der Waals surface area contributed by atoms with Crippen LogP contribution in [0.15, 0.2) is 28.9 Å². The van der Waals surface area contributed by atoms with Crippen molar-refractivity contribution in [1.82, 2.24) is 15.1 Å². The van der Waals surface area contributed by atoms with Crippen molar-refractivity contribution >= 4 is 11.7 Å². The molecule has 0 unspecified atom stereocenters. The first-order valence-corrected chi connectivity index (χ1v) is 9.57. The third-order valence-electron chi connectivity index (χ3n) is 5.27. The molecule has 29 heavy (non-hydrogen) atoms. The Bertz CT molecular complexity index is 830. The van der Waals surface area contributed by atoms with E-state index in [2.05, 4.69) is 15.7 Å². The van der Waals surface area contributed by atoms with Crippen molar-refractivity contribution in [2.75, 3.05) is 44.7 Å². The van der Waals surface area contributed by atoms with Gasteiger partial charge < -0.3 is 24.7 Å². The lowest BCUT2D eigenvalue weighted by atomic mass is 10.0. The molecule has 4 heterocycles. The molecule has 0 bridgehead atoms. The van der Waals surface area contributed by atoms with Gasteiger partial charge in [0.05, 0.1) is 38.6 Å². The van der Waals surface area contributed by atoms with Crippen LogP contribution in [0.4, 0.5) is 19.0 Å². The van der Waals surface area contributed by atoms with Crippen molar-refractivity contribution in [1.29, 1.82) is 0 Å². The number of alkyl halides is 3. The molecule has 0 spiro atoms. The van der Waals surface area contributed by atoms with E-state index < -0.39 is 24.2 Å². The number of anilines is 1. The summed E-state index contributed by atoms with van der Waals surface area (Å²) in [7, 11) is 0. The summed E-state index contributed by atoms with van der Waals surface area (Å²) < 4.78 is 52.3. The Morgan fingerprint density at radius 2 is 2.17 bits per heavy atom. The highest BCUT2D eigenvalue weighted by Crippen LogP contribution is 2.43. The molecule has 1 amide bonds. The number of carbonyl (C=O) groups excluding carboxylic acids is 1. The van der Waals surface area contributed by atoms with Crippen LogP contribution in [0.3, 0.4) is 0 Å². The van der Waals surface area contributed by atoms with Gasteiger partial charge in [-0.25, -0.2) is 4.68 Å². The predicted molar refractivity (Wildman–Crippen MR) is 95.7 cm³/mol. The number of carbonyl (C=O) groups is 1. The van der Waals surface area contributed by atoms with Gasteiger partial charge in [0.2, 0.25) is 0 Å². The van der Waals surface area contributed by atoms with Gasteiger partial charge in [-0.1, -0.05) is 0 Å². The van der Waals surface area contributed by atoms with Gasteiger partial charge in [0, 0.05) is 12.5 Å². The zero-order valence-electron chi connectivity index (χ0n) is 15.7. The average Bonchev–Trinajstić information content (AvgIpc) is 3.37. The number of furan rings is 1. The van der Waals surface area contributed by atoms with Crippen LogP contribution < -0.4 is 15.5 Å². The fourth-order valence-corrected chi connectivity index (χ4v) is 3.71. The van der Waals surface area contributed by atoms with Gasteiger partial charge in [0.25, 0.3) is 5.91 Å². The lowest BCUT2D eigenvalue weighted by molar-refractivity contribution is -0.906. The second kappa shape index (κ2) is 8.07. The van der Waals surface area contributed by atoms with E-state index in [0.717, 1.165) is 24.3 Å². The number of rotatable bonds is 5. The highest BCUT2D eigenvalue weighted by molar-refractivity contribution is 5.93. The van der Waals surface area contributed by atoms with Crippen molar-refractivity contribution < 1.29 is 32.0 Å². The van der Waals surface area contributed by atoms with Crippen LogP contribution in [0.5, 0.6) is 0 Å².